The van der Waals surface area contributed by atoms with Gasteiger partial charge in [0, 0.05) is 55.8 Å². The summed E-state index contributed by atoms with van der Waals surface area (Å²) < 4.78 is 7.93. The highest BCUT2D eigenvalue weighted by molar-refractivity contribution is 7.13. The van der Waals surface area contributed by atoms with Crippen LogP contribution < -0.4 is 4.90 Å². The highest BCUT2D eigenvalue weighted by atomic mass is 32.1. The van der Waals surface area contributed by atoms with Crippen molar-refractivity contribution < 1.29 is 10.2 Å². The second-order valence-electron chi connectivity index (χ2n) is 11.4. The van der Waals surface area contributed by atoms with Gasteiger partial charge >= 0.3 is 0 Å². The third kappa shape index (κ3) is 3.65. The van der Waals surface area contributed by atoms with Crippen molar-refractivity contribution in [2.75, 3.05) is 37.6 Å². The fourth-order valence-electron chi connectivity index (χ4n) is 7.85. The molecule has 3 heterocycles. The molecule has 3 aromatic rings. The number of hydrogen-bond donors (Lipinski definition) is 2. The zero-order valence-electron chi connectivity index (χ0n) is 20.4. The molecular formula is C28H36N4O2S. The molecule has 1 saturated heterocycles. The Hall–Kier alpha value is -2.25. The van der Waals surface area contributed by atoms with Crippen LogP contribution in [0.3, 0.4) is 0 Å². The van der Waals surface area contributed by atoms with Crippen molar-refractivity contribution in [3.63, 3.8) is 0 Å². The van der Waals surface area contributed by atoms with Crippen molar-refractivity contribution in [1.82, 2.24) is 13.8 Å². The van der Waals surface area contributed by atoms with Gasteiger partial charge in [-0.2, -0.15) is 4.37 Å². The first-order valence-electron chi connectivity index (χ1n) is 13.6. The number of piperazine rings is 1. The third-order valence-electron chi connectivity index (χ3n) is 9.69. The molecule has 0 amide bonds. The van der Waals surface area contributed by atoms with Crippen molar-refractivity contribution in [3.8, 4) is 11.8 Å². The zero-order valence-corrected chi connectivity index (χ0v) is 21.2. The van der Waals surface area contributed by atoms with Gasteiger partial charge in [-0.3, -0.25) is 9.47 Å². The van der Waals surface area contributed by atoms with Crippen LogP contribution in [0.5, 0.6) is 11.8 Å². The Morgan fingerprint density at radius 3 is 2.23 bits per heavy atom. The molecule has 3 fully saturated rings. The molecule has 2 N–H and O–H groups in total. The van der Waals surface area contributed by atoms with Crippen LogP contribution in [0.25, 0.3) is 10.1 Å². The summed E-state index contributed by atoms with van der Waals surface area (Å²) in [4.78, 5) is 5.14. The number of fused-ring (bicyclic) bond motifs is 4. The standard InChI is InChI=1S/C28H36N4O2S/c33-27-20-5-1-2-6-21(20)28(34)32(27)17-24-19-10-9-18(15-19)23(24)16-30-11-13-31(14-12-30)26-22-7-3-4-8-25(22)35-29-26/h3-4,7-8,18-19,23-24,33-34H,1-2,5-6,9-17H2. The van der Waals surface area contributed by atoms with Crippen LogP contribution in [0.4, 0.5) is 5.82 Å². The van der Waals surface area contributed by atoms with Crippen LogP contribution >= 0.6 is 11.5 Å². The van der Waals surface area contributed by atoms with Crippen molar-refractivity contribution in [3.05, 3.63) is 35.4 Å². The summed E-state index contributed by atoms with van der Waals surface area (Å²) in [6.07, 6.45) is 8.05. The maximum Gasteiger partial charge on any atom is 0.197 e. The van der Waals surface area contributed by atoms with Crippen LogP contribution in [0.15, 0.2) is 24.3 Å². The number of hydrogen-bond acceptors (Lipinski definition) is 6. The molecule has 2 bridgehead atoms. The summed E-state index contributed by atoms with van der Waals surface area (Å²) in [5, 5.41) is 23.2. The summed E-state index contributed by atoms with van der Waals surface area (Å²) in [6, 6.07) is 8.57. The summed E-state index contributed by atoms with van der Waals surface area (Å²) >= 11 is 1.61. The summed E-state index contributed by atoms with van der Waals surface area (Å²) in [5.74, 6) is 4.63. The summed E-state index contributed by atoms with van der Waals surface area (Å²) in [5.41, 5.74) is 2.03. The smallest absolute Gasteiger partial charge is 0.197 e. The summed E-state index contributed by atoms with van der Waals surface area (Å²) in [7, 11) is 0. The largest absolute Gasteiger partial charge is 0.494 e. The lowest BCUT2D eigenvalue weighted by Gasteiger charge is -2.40. The van der Waals surface area contributed by atoms with E-state index in [1.54, 1.807) is 11.5 Å². The zero-order chi connectivity index (χ0) is 23.5. The van der Waals surface area contributed by atoms with Gasteiger partial charge in [-0.05, 0) is 92.3 Å². The highest BCUT2D eigenvalue weighted by Crippen LogP contribution is 2.54. The first-order valence-corrected chi connectivity index (χ1v) is 14.4. The van der Waals surface area contributed by atoms with E-state index in [1.165, 1.54) is 29.3 Å². The Morgan fingerprint density at radius 1 is 0.857 bits per heavy atom. The lowest BCUT2D eigenvalue weighted by atomic mass is 9.78. The first kappa shape index (κ1) is 22.0. The van der Waals surface area contributed by atoms with Gasteiger partial charge in [-0.1, -0.05) is 12.1 Å². The molecule has 2 saturated carbocycles. The minimum Gasteiger partial charge on any atom is -0.494 e. The predicted octanol–water partition coefficient (Wildman–Crippen LogP) is 4.87. The molecule has 7 heteroatoms. The molecule has 7 rings (SSSR count). The monoisotopic (exact) mass is 492 g/mol. The Kier molecular flexibility index (Phi) is 5.46. The van der Waals surface area contributed by atoms with Crippen LogP contribution in [-0.2, 0) is 19.4 Å². The number of anilines is 1. The molecular weight excluding hydrogens is 456 g/mol. The highest BCUT2D eigenvalue weighted by Gasteiger charge is 2.48. The normalized spacial score (nSPS) is 28.7. The summed E-state index contributed by atoms with van der Waals surface area (Å²) in [6.45, 7) is 6.17. The van der Waals surface area contributed by atoms with E-state index in [1.807, 2.05) is 4.57 Å². The van der Waals surface area contributed by atoms with Crippen LogP contribution in [0, 0.1) is 23.7 Å². The van der Waals surface area contributed by atoms with E-state index in [9.17, 15) is 10.2 Å². The van der Waals surface area contributed by atoms with Crippen LogP contribution in [-0.4, -0.2) is 56.8 Å². The lowest BCUT2D eigenvalue weighted by Crippen LogP contribution is -2.49. The van der Waals surface area contributed by atoms with E-state index >= 15 is 0 Å². The van der Waals surface area contributed by atoms with Gasteiger partial charge < -0.3 is 15.1 Å². The molecule has 186 valence electrons. The lowest BCUT2D eigenvalue weighted by molar-refractivity contribution is 0.122. The minimum absolute atomic E-state index is 0.350. The van der Waals surface area contributed by atoms with Gasteiger partial charge in [0.25, 0.3) is 0 Å². The third-order valence-corrected chi connectivity index (χ3v) is 10.5. The molecule has 4 aliphatic rings. The second-order valence-corrected chi connectivity index (χ2v) is 12.2. The van der Waals surface area contributed by atoms with Gasteiger partial charge in [-0.15, -0.1) is 0 Å². The Morgan fingerprint density at radius 2 is 1.51 bits per heavy atom. The van der Waals surface area contributed by atoms with Crippen molar-refractivity contribution >= 4 is 27.4 Å². The second kappa shape index (κ2) is 8.70. The first-order chi connectivity index (χ1) is 17.2. The van der Waals surface area contributed by atoms with Gasteiger partial charge in [0.15, 0.2) is 11.8 Å². The molecule has 1 aromatic carbocycles. The number of aromatic nitrogens is 2. The molecule has 3 aliphatic carbocycles. The molecule has 4 atom stereocenters. The maximum absolute atomic E-state index is 11.0. The fourth-order valence-corrected chi connectivity index (χ4v) is 8.64. The average Bonchev–Trinajstić information content (AvgIpc) is 3.66. The van der Waals surface area contributed by atoms with E-state index in [2.05, 4.69) is 34.1 Å². The van der Waals surface area contributed by atoms with Crippen molar-refractivity contribution in [2.45, 2.75) is 51.5 Å². The Bertz CT molecular complexity index is 1200. The average molecular weight is 493 g/mol. The minimum atomic E-state index is 0.350. The molecule has 0 radical (unpaired) electrons. The van der Waals surface area contributed by atoms with Gasteiger partial charge in [0.1, 0.15) is 5.82 Å². The fraction of sp³-hybridized carbons (Fsp3) is 0.607. The Labute approximate surface area is 211 Å². The number of rotatable bonds is 5. The SMILES string of the molecule is Oc1c2c(c(O)n1CC1C3CCC(C3)C1CN1CCN(c3nsc4ccccc34)CC1)CCCC2. The predicted molar refractivity (Wildman–Crippen MR) is 140 cm³/mol. The Balaban J connectivity index is 1.05. The molecule has 4 unspecified atom stereocenters. The molecule has 1 aliphatic heterocycles. The molecule has 6 nitrogen and oxygen atoms in total. The van der Waals surface area contributed by atoms with Crippen molar-refractivity contribution in [1.29, 1.82) is 0 Å². The van der Waals surface area contributed by atoms with Crippen molar-refractivity contribution in [2.24, 2.45) is 23.7 Å². The van der Waals surface area contributed by atoms with E-state index in [0.717, 1.165) is 93.7 Å². The number of aromatic hydroxyl groups is 2. The van der Waals surface area contributed by atoms with Crippen LogP contribution in [0.1, 0.15) is 43.2 Å². The quantitative estimate of drug-likeness (QED) is 0.532. The number of benzene rings is 1. The maximum atomic E-state index is 11.0. The molecule has 0 spiro atoms. The van der Waals surface area contributed by atoms with Gasteiger partial charge in [0.05, 0.1) is 4.70 Å². The van der Waals surface area contributed by atoms with Crippen LogP contribution in [0.2, 0.25) is 0 Å². The molecule has 35 heavy (non-hydrogen) atoms. The van der Waals surface area contributed by atoms with Gasteiger partial charge in [-0.25, -0.2) is 0 Å². The van der Waals surface area contributed by atoms with E-state index in [4.69, 9.17) is 4.37 Å². The van der Waals surface area contributed by atoms with E-state index in [0.29, 0.717) is 23.6 Å². The molecule has 2 aromatic heterocycles. The van der Waals surface area contributed by atoms with Gasteiger partial charge in [0.2, 0.25) is 0 Å². The van der Waals surface area contributed by atoms with E-state index < -0.39 is 0 Å². The number of nitrogens with zero attached hydrogens (tertiary/aromatic N) is 4. The topological polar surface area (TPSA) is 64.8 Å². The van der Waals surface area contributed by atoms with E-state index in [-0.39, 0.29) is 0 Å².